The van der Waals surface area contributed by atoms with Gasteiger partial charge in [-0.05, 0) is 44.1 Å². The largest absolute Gasteiger partial charge is 0.491 e. The molecule has 0 radical (unpaired) electrons. The van der Waals surface area contributed by atoms with Gasteiger partial charge in [0.25, 0.3) is 0 Å². The van der Waals surface area contributed by atoms with Crippen LogP contribution in [0.1, 0.15) is 20.3 Å². The molecule has 0 aromatic heterocycles. The summed E-state index contributed by atoms with van der Waals surface area (Å²) in [5, 5.41) is 1.16. The first-order valence-corrected chi connectivity index (χ1v) is 7.67. The van der Waals surface area contributed by atoms with E-state index < -0.39 is 0 Å². The average Bonchev–Trinajstić information content (AvgIpc) is 2.38. The summed E-state index contributed by atoms with van der Waals surface area (Å²) in [5.74, 6) is 1.19. The van der Waals surface area contributed by atoms with Gasteiger partial charge in [0.2, 0.25) is 0 Å². The number of ether oxygens (including phenoxy) is 1. The molecule has 1 unspecified atom stereocenters. The molecule has 20 heavy (non-hydrogen) atoms. The van der Waals surface area contributed by atoms with Gasteiger partial charge in [0.05, 0.1) is 5.02 Å². The van der Waals surface area contributed by atoms with Crippen LogP contribution in [-0.4, -0.2) is 37.7 Å². The number of hydrogen-bond donors (Lipinski definition) is 1. The molecule has 0 saturated carbocycles. The van der Waals surface area contributed by atoms with Gasteiger partial charge in [0.15, 0.2) is 0 Å². The molecule has 3 nitrogen and oxygen atoms in total. The first-order valence-electron chi connectivity index (χ1n) is 6.92. The fraction of sp³-hybridized carbons (Fsp3) is 0.600. The van der Waals surface area contributed by atoms with Crippen LogP contribution in [0.4, 0.5) is 0 Å². The van der Waals surface area contributed by atoms with E-state index in [4.69, 9.17) is 33.7 Å². The third-order valence-corrected chi connectivity index (χ3v) is 3.86. The van der Waals surface area contributed by atoms with Crippen molar-refractivity contribution in [1.29, 1.82) is 0 Å². The fourth-order valence-corrected chi connectivity index (χ4v) is 2.18. The highest BCUT2D eigenvalue weighted by molar-refractivity contribution is 6.35. The minimum atomic E-state index is 0.254. The predicted octanol–water partition coefficient (Wildman–Crippen LogP) is 3.68. The van der Waals surface area contributed by atoms with E-state index in [9.17, 15) is 0 Å². The maximum absolute atomic E-state index is 6.04. The van der Waals surface area contributed by atoms with Crippen LogP contribution in [0.15, 0.2) is 18.2 Å². The van der Waals surface area contributed by atoms with Crippen LogP contribution in [0.25, 0.3) is 0 Å². The minimum Gasteiger partial charge on any atom is -0.491 e. The standard InChI is InChI=1S/C15H24Cl2N2O/c1-11(2)14(18)6-7-19(3)8-9-20-15-5-4-12(16)10-13(15)17/h4-5,10-11,14H,6-9,18H2,1-3H3. The SMILES string of the molecule is CC(C)C(N)CCN(C)CCOc1ccc(Cl)cc1Cl. The monoisotopic (exact) mass is 318 g/mol. The molecule has 0 heterocycles. The van der Waals surface area contributed by atoms with Gasteiger partial charge in [0, 0.05) is 17.6 Å². The van der Waals surface area contributed by atoms with E-state index in [1.807, 2.05) is 0 Å². The van der Waals surface area contributed by atoms with Crippen LogP contribution in [0, 0.1) is 5.92 Å². The van der Waals surface area contributed by atoms with Crippen molar-refractivity contribution in [2.75, 3.05) is 26.7 Å². The van der Waals surface area contributed by atoms with E-state index in [0.29, 0.717) is 28.3 Å². The normalized spacial score (nSPS) is 13.0. The van der Waals surface area contributed by atoms with Gasteiger partial charge in [0.1, 0.15) is 12.4 Å². The molecule has 1 rings (SSSR count). The second kappa shape index (κ2) is 8.73. The molecule has 0 aliphatic heterocycles. The Labute approximate surface area is 132 Å². The van der Waals surface area contributed by atoms with Crippen LogP contribution < -0.4 is 10.5 Å². The molecule has 5 heteroatoms. The number of nitrogens with zero attached hydrogens (tertiary/aromatic N) is 1. The summed E-state index contributed by atoms with van der Waals surface area (Å²) in [6.07, 6.45) is 0.996. The van der Waals surface area contributed by atoms with E-state index >= 15 is 0 Å². The maximum atomic E-state index is 6.04. The lowest BCUT2D eigenvalue weighted by Crippen LogP contribution is -2.33. The van der Waals surface area contributed by atoms with Crippen molar-refractivity contribution in [1.82, 2.24) is 4.90 Å². The summed E-state index contributed by atoms with van der Waals surface area (Å²) in [4.78, 5) is 2.21. The van der Waals surface area contributed by atoms with Crippen molar-refractivity contribution in [2.45, 2.75) is 26.3 Å². The summed E-state index contributed by atoms with van der Waals surface area (Å²) >= 11 is 11.9. The highest BCUT2D eigenvalue weighted by atomic mass is 35.5. The molecule has 0 spiro atoms. The molecule has 1 atom stereocenters. The molecule has 0 amide bonds. The predicted molar refractivity (Wildman–Crippen MR) is 86.9 cm³/mol. The highest BCUT2D eigenvalue weighted by Crippen LogP contribution is 2.27. The van der Waals surface area contributed by atoms with Crippen molar-refractivity contribution in [3.8, 4) is 5.75 Å². The molecule has 0 fully saturated rings. The van der Waals surface area contributed by atoms with Crippen molar-refractivity contribution in [3.63, 3.8) is 0 Å². The van der Waals surface area contributed by atoms with Gasteiger partial charge in [-0.3, -0.25) is 0 Å². The highest BCUT2D eigenvalue weighted by Gasteiger charge is 2.09. The van der Waals surface area contributed by atoms with Crippen molar-refractivity contribution in [2.24, 2.45) is 11.7 Å². The molecular formula is C15H24Cl2N2O. The summed E-state index contributed by atoms with van der Waals surface area (Å²) in [6.45, 7) is 6.70. The van der Waals surface area contributed by atoms with Crippen LogP contribution >= 0.6 is 23.2 Å². The first-order chi connectivity index (χ1) is 9.40. The zero-order valence-electron chi connectivity index (χ0n) is 12.4. The number of likely N-dealkylation sites (N-methyl/N-ethyl adjacent to an activating group) is 1. The molecule has 0 bridgehead atoms. The maximum Gasteiger partial charge on any atom is 0.138 e. The first kappa shape index (κ1) is 17.6. The molecule has 0 saturated heterocycles. The Balaban J connectivity index is 2.26. The lowest BCUT2D eigenvalue weighted by Gasteiger charge is -2.21. The van der Waals surface area contributed by atoms with Crippen molar-refractivity contribution >= 4 is 23.2 Å². The molecule has 2 N–H and O–H groups in total. The zero-order valence-corrected chi connectivity index (χ0v) is 13.9. The summed E-state index contributed by atoms with van der Waals surface area (Å²) < 4.78 is 5.65. The van der Waals surface area contributed by atoms with Crippen LogP contribution in [0.2, 0.25) is 10.0 Å². The smallest absolute Gasteiger partial charge is 0.138 e. The van der Waals surface area contributed by atoms with E-state index in [-0.39, 0.29) is 6.04 Å². The number of halogens is 2. The number of hydrogen-bond acceptors (Lipinski definition) is 3. The van der Waals surface area contributed by atoms with Crippen LogP contribution in [-0.2, 0) is 0 Å². The number of rotatable bonds is 8. The fourth-order valence-electron chi connectivity index (χ4n) is 1.72. The number of benzene rings is 1. The lowest BCUT2D eigenvalue weighted by atomic mass is 10.0. The second-order valence-electron chi connectivity index (χ2n) is 5.42. The third kappa shape index (κ3) is 6.31. The molecular weight excluding hydrogens is 295 g/mol. The van der Waals surface area contributed by atoms with Gasteiger partial charge in [-0.2, -0.15) is 0 Å². The molecule has 0 aliphatic rings. The quantitative estimate of drug-likeness (QED) is 0.794. The Morgan fingerprint density at radius 3 is 2.55 bits per heavy atom. The Kier molecular flexibility index (Phi) is 7.67. The Hall–Kier alpha value is -0.480. The van der Waals surface area contributed by atoms with E-state index in [2.05, 4.69) is 25.8 Å². The second-order valence-corrected chi connectivity index (χ2v) is 6.27. The van der Waals surface area contributed by atoms with Gasteiger partial charge < -0.3 is 15.4 Å². The Morgan fingerprint density at radius 1 is 1.25 bits per heavy atom. The molecule has 0 aliphatic carbocycles. The van der Waals surface area contributed by atoms with Gasteiger partial charge >= 0.3 is 0 Å². The van der Waals surface area contributed by atoms with E-state index in [1.54, 1.807) is 18.2 Å². The molecule has 114 valence electrons. The van der Waals surface area contributed by atoms with Gasteiger partial charge in [-0.1, -0.05) is 37.0 Å². The van der Waals surface area contributed by atoms with Gasteiger partial charge in [-0.25, -0.2) is 0 Å². The summed E-state index contributed by atoms with van der Waals surface area (Å²) in [5.41, 5.74) is 6.03. The van der Waals surface area contributed by atoms with Crippen LogP contribution in [0.3, 0.4) is 0 Å². The Morgan fingerprint density at radius 2 is 1.95 bits per heavy atom. The van der Waals surface area contributed by atoms with Crippen LogP contribution in [0.5, 0.6) is 5.75 Å². The zero-order chi connectivity index (χ0) is 15.1. The lowest BCUT2D eigenvalue weighted by molar-refractivity contribution is 0.229. The van der Waals surface area contributed by atoms with Crippen molar-refractivity contribution in [3.05, 3.63) is 28.2 Å². The number of nitrogens with two attached hydrogens (primary N) is 1. The Bertz CT molecular complexity index is 413. The molecule has 1 aromatic rings. The average molecular weight is 319 g/mol. The van der Waals surface area contributed by atoms with E-state index in [1.165, 1.54) is 0 Å². The molecule has 1 aromatic carbocycles. The van der Waals surface area contributed by atoms with Crippen molar-refractivity contribution < 1.29 is 4.74 Å². The van der Waals surface area contributed by atoms with Gasteiger partial charge in [-0.15, -0.1) is 0 Å². The topological polar surface area (TPSA) is 38.5 Å². The third-order valence-electron chi connectivity index (χ3n) is 3.32. The van der Waals surface area contributed by atoms with E-state index in [0.717, 1.165) is 19.5 Å². The minimum absolute atomic E-state index is 0.254. The summed E-state index contributed by atoms with van der Waals surface area (Å²) in [6, 6.07) is 5.50. The summed E-state index contributed by atoms with van der Waals surface area (Å²) in [7, 11) is 2.07.